The number of aryl methyl sites for hydroxylation is 1. The highest BCUT2D eigenvalue weighted by Crippen LogP contribution is 2.36. The van der Waals surface area contributed by atoms with E-state index in [1.807, 2.05) is 12.1 Å². The Bertz CT molecular complexity index is 1110. The van der Waals surface area contributed by atoms with E-state index in [2.05, 4.69) is 43.1 Å². The molecule has 0 saturated heterocycles. The summed E-state index contributed by atoms with van der Waals surface area (Å²) in [5, 5.41) is 2.15. The Hall–Kier alpha value is -2.61. The van der Waals surface area contributed by atoms with E-state index in [0.29, 0.717) is 11.6 Å². The van der Waals surface area contributed by atoms with Gasteiger partial charge in [0.15, 0.2) is 0 Å². The van der Waals surface area contributed by atoms with Gasteiger partial charge in [-0.2, -0.15) is 0 Å². The van der Waals surface area contributed by atoms with E-state index in [9.17, 15) is 0 Å². The first-order valence-corrected chi connectivity index (χ1v) is 8.24. The van der Waals surface area contributed by atoms with Gasteiger partial charge in [0.25, 0.3) is 0 Å². The van der Waals surface area contributed by atoms with E-state index in [4.69, 9.17) is 8.53 Å². The van der Waals surface area contributed by atoms with E-state index >= 15 is 0 Å². The number of furan rings is 1. The summed E-state index contributed by atoms with van der Waals surface area (Å²) in [6.45, 7) is 2.25. The number of nitrogens with zero attached hydrogens (tertiary/aromatic N) is 1. The molecule has 2 aromatic heterocycles. The van der Waals surface area contributed by atoms with Gasteiger partial charge in [0.05, 0.1) is 5.69 Å². The van der Waals surface area contributed by atoms with Gasteiger partial charge in [-0.1, -0.05) is 50.2 Å². The predicted octanol–water partition coefficient (Wildman–Crippen LogP) is 6.15. The normalized spacial score (nSPS) is 14.0. The third-order valence-electron chi connectivity index (χ3n) is 4.27. The van der Waals surface area contributed by atoms with Crippen molar-refractivity contribution < 1.29 is 8.53 Å². The number of para-hydroxylation sites is 2. The molecule has 4 rings (SSSR count). The van der Waals surface area contributed by atoms with Crippen LogP contribution >= 0.6 is 0 Å². The van der Waals surface area contributed by atoms with Crippen LogP contribution in [0, 0.1) is 12.8 Å². The molecule has 0 aliphatic heterocycles. The Morgan fingerprint density at radius 3 is 2.50 bits per heavy atom. The number of hydrogen-bond donors (Lipinski definition) is 0. The summed E-state index contributed by atoms with van der Waals surface area (Å²) in [5.74, 6) is 0.539. The quantitative estimate of drug-likeness (QED) is 0.452. The fourth-order valence-electron chi connectivity index (χ4n) is 3.23. The van der Waals surface area contributed by atoms with Crippen LogP contribution in [-0.2, 0) is 6.42 Å². The minimum atomic E-state index is -2.15. The van der Waals surface area contributed by atoms with E-state index in [-0.39, 0.29) is 5.56 Å². The van der Waals surface area contributed by atoms with Crippen LogP contribution in [0.5, 0.6) is 0 Å². The summed E-state index contributed by atoms with van der Waals surface area (Å²) in [4.78, 5) is 4.39. The van der Waals surface area contributed by atoms with E-state index < -0.39 is 6.85 Å². The van der Waals surface area contributed by atoms with Crippen LogP contribution in [0.4, 0.5) is 0 Å². The Kier molecular flexibility index (Phi) is 2.86. The summed E-state index contributed by atoms with van der Waals surface area (Å²) in [6.07, 6.45) is 2.38. The predicted molar refractivity (Wildman–Crippen MR) is 100 cm³/mol. The zero-order valence-corrected chi connectivity index (χ0v) is 13.8. The average Bonchev–Trinajstić information content (AvgIpc) is 3.01. The molecule has 0 aliphatic rings. The first kappa shape index (κ1) is 11.9. The standard InChI is InChI=1S/C22H21NO/c1-14(2)12-16-6-4-7-17-18-8-5-9-19(22(18)24-21(16)17)20-11-10-15(3)13-23-20/h4-11,13-14H,12H2,1-3H3/i3D3. The second kappa shape index (κ2) is 5.79. The number of benzene rings is 2. The number of fused-ring (bicyclic) bond motifs is 3. The third kappa shape index (κ3) is 2.48. The first-order valence-electron chi connectivity index (χ1n) is 9.74. The number of aromatic nitrogens is 1. The van der Waals surface area contributed by atoms with Crippen molar-refractivity contribution in [2.24, 2.45) is 5.92 Å². The lowest BCUT2D eigenvalue weighted by molar-refractivity contribution is 0.624. The Balaban J connectivity index is 1.89. The van der Waals surface area contributed by atoms with Gasteiger partial charge in [0.1, 0.15) is 11.2 Å². The van der Waals surface area contributed by atoms with Crippen molar-refractivity contribution in [3.05, 3.63) is 65.9 Å². The lowest BCUT2D eigenvalue weighted by Crippen LogP contribution is -1.93. The highest BCUT2D eigenvalue weighted by molar-refractivity contribution is 6.10. The second-order valence-electron chi connectivity index (χ2n) is 6.61. The molecule has 0 bridgehead atoms. The van der Waals surface area contributed by atoms with Crippen LogP contribution < -0.4 is 0 Å². The molecule has 0 spiro atoms. The molecular formula is C22H21NO. The maximum Gasteiger partial charge on any atom is 0.144 e. The Morgan fingerprint density at radius 1 is 1.00 bits per heavy atom. The van der Waals surface area contributed by atoms with Crippen LogP contribution in [0.2, 0.25) is 0 Å². The lowest BCUT2D eigenvalue weighted by Gasteiger charge is -2.04. The van der Waals surface area contributed by atoms with Crippen molar-refractivity contribution in [1.82, 2.24) is 4.98 Å². The van der Waals surface area contributed by atoms with Crippen LogP contribution in [-0.4, -0.2) is 4.98 Å². The van der Waals surface area contributed by atoms with Crippen molar-refractivity contribution in [2.75, 3.05) is 0 Å². The van der Waals surface area contributed by atoms with E-state index in [0.717, 1.165) is 33.9 Å². The van der Waals surface area contributed by atoms with Gasteiger partial charge in [-0.15, -0.1) is 0 Å². The fraction of sp³-hybridized carbons (Fsp3) is 0.227. The average molecular weight is 318 g/mol. The fourth-order valence-corrected chi connectivity index (χ4v) is 3.23. The van der Waals surface area contributed by atoms with Gasteiger partial charge < -0.3 is 4.42 Å². The summed E-state index contributed by atoms with van der Waals surface area (Å²) >= 11 is 0. The molecule has 0 atom stereocenters. The molecule has 120 valence electrons. The molecule has 2 heteroatoms. The highest BCUT2D eigenvalue weighted by atomic mass is 16.3. The molecule has 0 unspecified atom stereocenters. The summed E-state index contributed by atoms with van der Waals surface area (Å²) in [6, 6.07) is 15.6. The van der Waals surface area contributed by atoms with Crippen molar-refractivity contribution in [3.8, 4) is 11.3 Å². The zero-order chi connectivity index (χ0) is 19.2. The van der Waals surface area contributed by atoms with Crippen LogP contribution in [0.25, 0.3) is 33.2 Å². The van der Waals surface area contributed by atoms with Crippen molar-refractivity contribution in [1.29, 1.82) is 0 Å². The van der Waals surface area contributed by atoms with Crippen molar-refractivity contribution in [3.63, 3.8) is 0 Å². The minimum Gasteiger partial charge on any atom is -0.455 e. The topological polar surface area (TPSA) is 26.0 Å². The van der Waals surface area contributed by atoms with Crippen molar-refractivity contribution in [2.45, 2.75) is 27.1 Å². The summed E-state index contributed by atoms with van der Waals surface area (Å²) < 4.78 is 28.8. The molecule has 2 heterocycles. The Labute approximate surface area is 146 Å². The maximum absolute atomic E-state index is 7.51. The van der Waals surface area contributed by atoms with E-state index in [1.165, 1.54) is 11.8 Å². The molecule has 0 N–H and O–H groups in total. The van der Waals surface area contributed by atoms with Gasteiger partial charge in [0.2, 0.25) is 0 Å². The Morgan fingerprint density at radius 2 is 1.79 bits per heavy atom. The third-order valence-corrected chi connectivity index (χ3v) is 4.27. The minimum absolute atomic E-state index is 0.238. The molecule has 0 amide bonds. The zero-order valence-electron chi connectivity index (χ0n) is 16.8. The maximum atomic E-state index is 7.51. The molecule has 2 aromatic carbocycles. The van der Waals surface area contributed by atoms with Gasteiger partial charge in [-0.25, -0.2) is 0 Å². The second-order valence-corrected chi connectivity index (χ2v) is 6.61. The first-order chi connectivity index (χ1) is 12.8. The molecule has 4 aromatic rings. The van der Waals surface area contributed by atoms with Gasteiger partial charge >= 0.3 is 0 Å². The highest BCUT2D eigenvalue weighted by Gasteiger charge is 2.15. The van der Waals surface area contributed by atoms with Gasteiger partial charge in [-0.05, 0) is 42.5 Å². The lowest BCUT2D eigenvalue weighted by atomic mass is 10.00. The molecule has 0 radical (unpaired) electrons. The molecule has 0 saturated carbocycles. The number of pyridine rings is 1. The van der Waals surface area contributed by atoms with Crippen LogP contribution in [0.3, 0.4) is 0 Å². The summed E-state index contributed by atoms with van der Waals surface area (Å²) in [5.41, 5.74) is 4.73. The van der Waals surface area contributed by atoms with Gasteiger partial charge in [-0.3, -0.25) is 4.98 Å². The number of rotatable bonds is 3. The molecule has 24 heavy (non-hydrogen) atoms. The monoisotopic (exact) mass is 318 g/mol. The summed E-state index contributed by atoms with van der Waals surface area (Å²) in [7, 11) is 0. The van der Waals surface area contributed by atoms with Gasteiger partial charge in [0, 0.05) is 26.6 Å². The molecular weight excluding hydrogens is 294 g/mol. The van der Waals surface area contributed by atoms with Crippen LogP contribution in [0.1, 0.15) is 29.1 Å². The van der Waals surface area contributed by atoms with E-state index in [1.54, 1.807) is 12.1 Å². The van der Waals surface area contributed by atoms with Crippen LogP contribution in [0.15, 0.2) is 59.1 Å². The molecule has 0 aliphatic carbocycles. The smallest absolute Gasteiger partial charge is 0.144 e. The molecule has 2 nitrogen and oxygen atoms in total. The SMILES string of the molecule is [2H]C([2H])([2H])c1ccc(-c2cccc3c2oc2c(CC(C)C)cccc23)nc1. The molecule has 0 fully saturated rings. The van der Waals surface area contributed by atoms with Crippen molar-refractivity contribution >= 4 is 21.9 Å². The largest absolute Gasteiger partial charge is 0.455 e. The number of hydrogen-bond acceptors (Lipinski definition) is 2.